The number of urea groups is 1. The van der Waals surface area contributed by atoms with Crippen LogP contribution < -0.4 is 5.32 Å². The van der Waals surface area contributed by atoms with Crippen LogP contribution in [0.5, 0.6) is 0 Å². The Morgan fingerprint density at radius 2 is 2.03 bits per heavy atom. The van der Waals surface area contributed by atoms with E-state index in [0.29, 0.717) is 23.3 Å². The van der Waals surface area contributed by atoms with Gasteiger partial charge in [0.25, 0.3) is 5.92 Å². The smallest absolute Gasteiger partial charge is 0.410 e. The highest BCUT2D eigenvalue weighted by molar-refractivity contribution is 5.96. The molecule has 4 amide bonds. The molecule has 4 rings (SSSR count). The van der Waals surface area contributed by atoms with Gasteiger partial charge < -0.3 is 14.5 Å². The van der Waals surface area contributed by atoms with Crippen molar-refractivity contribution in [1.29, 1.82) is 0 Å². The molecule has 0 spiro atoms. The average molecular weight is 463 g/mol. The minimum atomic E-state index is -3.12. The highest BCUT2D eigenvalue weighted by atomic mass is 19.3. The fourth-order valence-corrected chi connectivity index (χ4v) is 4.19. The molecule has 0 bridgehead atoms. The number of piperidine rings is 1. The molecule has 33 heavy (non-hydrogen) atoms. The van der Waals surface area contributed by atoms with Gasteiger partial charge in [0.2, 0.25) is 5.91 Å². The largest absolute Gasteiger partial charge is 0.444 e. The van der Waals surface area contributed by atoms with E-state index in [1.807, 2.05) is 0 Å². The predicted octanol–water partition coefficient (Wildman–Crippen LogP) is 3.36. The number of hydrogen-bond acceptors (Lipinski definition) is 5. The molecule has 2 saturated heterocycles. The second-order valence-corrected chi connectivity index (χ2v) is 9.51. The highest BCUT2D eigenvalue weighted by Gasteiger charge is 2.47. The number of rotatable bonds is 3. The number of amides is 4. The van der Waals surface area contributed by atoms with E-state index < -0.39 is 36.1 Å². The number of nitrogens with zero attached hydrogens (tertiary/aromatic N) is 3. The van der Waals surface area contributed by atoms with Crippen molar-refractivity contribution in [2.75, 3.05) is 19.6 Å². The molecule has 2 aliphatic rings. The SMILES string of the molecule is CC(C)(C)OC(=O)N1CC[C@@H](c2ccc3c(CN4CCC(=O)NC4=O)[nH]nc3c2)C(F)(F)C1. The molecule has 2 aromatic rings. The zero-order valence-corrected chi connectivity index (χ0v) is 18.8. The second kappa shape index (κ2) is 8.27. The van der Waals surface area contributed by atoms with Gasteiger partial charge in [0.15, 0.2) is 0 Å². The molecule has 2 N–H and O–H groups in total. The number of nitrogens with one attached hydrogen (secondary N) is 2. The van der Waals surface area contributed by atoms with Gasteiger partial charge in [0.05, 0.1) is 30.2 Å². The number of aromatic nitrogens is 2. The maximum absolute atomic E-state index is 15.0. The summed E-state index contributed by atoms with van der Waals surface area (Å²) in [5.74, 6) is -4.49. The number of fused-ring (bicyclic) bond motifs is 1. The molecule has 2 fully saturated rings. The van der Waals surface area contributed by atoms with Crippen molar-refractivity contribution in [3.8, 4) is 0 Å². The minimum Gasteiger partial charge on any atom is -0.444 e. The third-order valence-corrected chi connectivity index (χ3v) is 5.80. The number of hydrogen-bond donors (Lipinski definition) is 2. The standard InChI is InChI=1S/C22H27F2N5O4/c1-21(2,3)33-20(32)29-8-6-15(22(23,24)12-29)13-4-5-14-16(10-13)26-27-17(14)11-28-9-7-18(30)25-19(28)31/h4-5,10,15H,6-9,11-12H2,1-3H3,(H,26,27)(H,25,30,31)/t15-/m0/s1. The molecule has 1 atom stereocenters. The Labute approximate surface area is 189 Å². The summed E-state index contributed by atoms with van der Waals surface area (Å²) < 4.78 is 35.3. The van der Waals surface area contributed by atoms with Crippen LogP contribution in [0.15, 0.2) is 18.2 Å². The van der Waals surface area contributed by atoms with Crippen LogP contribution in [0.3, 0.4) is 0 Å². The van der Waals surface area contributed by atoms with E-state index in [1.54, 1.807) is 39.0 Å². The average Bonchev–Trinajstić information content (AvgIpc) is 3.10. The molecule has 3 heterocycles. The summed E-state index contributed by atoms with van der Waals surface area (Å²) in [5, 5.41) is 10.1. The number of carbonyl (C=O) groups excluding carboxylic acids is 3. The third kappa shape index (κ3) is 4.91. The van der Waals surface area contributed by atoms with Crippen molar-refractivity contribution in [2.24, 2.45) is 0 Å². The van der Waals surface area contributed by atoms with E-state index in [0.717, 1.165) is 10.3 Å². The summed E-state index contributed by atoms with van der Waals surface area (Å²) in [6.07, 6.45) is -0.424. The first-order valence-electron chi connectivity index (χ1n) is 10.8. The second-order valence-electron chi connectivity index (χ2n) is 9.51. The molecule has 0 unspecified atom stereocenters. The van der Waals surface area contributed by atoms with Gasteiger partial charge in [-0.15, -0.1) is 0 Å². The first-order chi connectivity index (χ1) is 15.4. The van der Waals surface area contributed by atoms with E-state index >= 15 is 8.78 Å². The van der Waals surface area contributed by atoms with Crippen molar-refractivity contribution in [3.63, 3.8) is 0 Å². The Morgan fingerprint density at radius 1 is 1.27 bits per heavy atom. The molecule has 11 heteroatoms. The highest BCUT2D eigenvalue weighted by Crippen LogP contribution is 2.41. The van der Waals surface area contributed by atoms with E-state index in [4.69, 9.17) is 4.74 Å². The number of aromatic amines is 1. The van der Waals surface area contributed by atoms with Crippen LogP contribution in [-0.4, -0.2) is 69.2 Å². The summed E-state index contributed by atoms with van der Waals surface area (Å²) in [6, 6.07) is 4.51. The number of imide groups is 1. The summed E-state index contributed by atoms with van der Waals surface area (Å²) >= 11 is 0. The first-order valence-corrected chi connectivity index (χ1v) is 10.8. The molecule has 178 valence electrons. The van der Waals surface area contributed by atoms with Crippen molar-refractivity contribution >= 4 is 28.9 Å². The Hall–Kier alpha value is -3.24. The zero-order valence-electron chi connectivity index (χ0n) is 18.8. The molecular weight excluding hydrogens is 436 g/mol. The Morgan fingerprint density at radius 3 is 2.70 bits per heavy atom. The minimum absolute atomic E-state index is 0.0943. The number of ether oxygens (including phenoxy) is 1. The molecular formula is C22H27F2N5O4. The fraction of sp³-hybridized carbons (Fsp3) is 0.545. The predicted molar refractivity (Wildman–Crippen MR) is 115 cm³/mol. The maximum atomic E-state index is 15.0. The fourth-order valence-electron chi connectivity index (χ4n) is 4.19. The van der Waals surface area contributed by atoms with Crippen LogP contribution in [0.4, 0.5) is 18.4 Å². The zero-order chi connectivity index (χ0) is 24.0. The Kier molecular flexibility index (Phi) is 5.75. The van der Waals surface area contributed by atoms with E-state index in [1.165, 1.54) is 4.90 Å². The molecule has 0 radical (unpaired) electrons. The monoisotopic (exact) mass is 463 g/mol. The number of likely N-dealkylation sites (tertiary alicyclic amines) is 1. The lowest BCUT2D eigenvalue weighted by atomic mass is 9.86. The van der Waals surface area contributed by atoms with E-state index in [-0.39, 0.29) is 31.8 Å². The van der Waals surface area contributed by atoms with Gasteiger partial charge in [-0.25, -0.2) is 18.4 Å². The molecule has 0 saturated carbocycles. The normalized spacial score (nSPS) is 21.3. The van der Waals surface area contributed by atoms with Crippen molar-refractivity contribution in [2.45, 2.75) is 57.6 Å². The molecule has 2 aliphatic heterocycles. The third-order valence-electron chi connectivity index (χ3n) is 5.80. The van der Waals surface area contributed by atoms with Gasteiger partial charge in [0.1, 0.15) is 5.60 Å². The lowest BCUT2D eigenvalue weighted by Gasteiger charge is -2.39. The van der Waals surface area contributed by atoms with Crippen LogP contribution in [0, 0.1) is 0 Å². The molecule has 0 aliphatic carbocycles. The summed E-state index contributed by atoms with van der Waals surface area (Å²) in [6.45, 7) is 5.06. The van der Waals surface area contributed by atoms with Gasteiger partial charge in [-0.05, 0) is 38.8 Å². The topological polar surface area (TPSA) is 108 Å². The van der Waals surface area contributed by atoms with E-state index in [2.05, 4.69) is 15.5 Å². The van der Waals surface area contributed by atoms with E-state index in [9.17, 15) is 14.4 Å². The molecule has 1 aromatic heterocycles. The number of benzene rings is 1. The summed E-state index contributed by atoms with van der Waals surface area (Å²) in [5.41, 5.74) is 0.862. The van der Waals surface area contributed by atoms with Crippen molar-refractivity contribution in [3.05, 3.63) is 29.5 Å². The number of alkyl halides is 2. The molecule has 9 nitrogen and oxygen atoms in total. The van der Waals surface area contributed by atoms with Gasteiger partial charge >= 0.3 is 12.1 Å². The lowest BCUT2D eigenvalue weighted by molar-refractivity contribution is -0.121. The van der Waals surface area contributed by atoms with Gasteiger partial charge in [0, 0.05) is 24.9 Å². The summed E-state index contributed by atoms with van der Waals surface area (Å²) in [7, 11) is 0. The van der Waals surface area contributed by atoms with Crippen LogP contribution in [0.1, 0.15) is 50.8 Å². The van der Waals surface area contributed by atoms with Gasteiger partial charge in [-0.1, -0.05) is 12.1 Å². The van der Waals surface area contributed by atoms with Crippen LogP contribution in [-0.2, 0) is 16.1 Å². The number of carbonyl (C=O) groups is 3. The van der Waals surface area contributed by atoms with Crippen molar-refractivity contribution in [1.82, 2.24) is 25.3 Å². The van der Waals surface area contributed by atoms with Crippen LogP contribution >= 0.6 is 0 Å². The Bertz CT molecular complexity index is 1090. The summed E-state index contributed by atoms with van der Waals surface area (Å²) in [4.78, 5) is 38.1. The maximum Gasteiger partial charge on any atom is 0.410 e. The van der Waals surface area contributed by atoms with Crippen LogP contribution in [0.25, 0.3) is 10.9 Å². The van der Waals surface area contributed by atoms with Crippen LogP contribution in [0.2, 0.25) is 0 Å². The molecule has 1 aromatic carbocycles. The van der Waals surface area contributed by atoms with Gasteiger partial charge in [-0.2, -0.15) is 5.10 Å². The van der Waals surface area contributed by atoms with Crippen molar-refractivity contribution < 1.29 is 27.9 Å². The number of H-pyrrole nitrogens is 1. The van der Waals surface area contributed by atoms with Gasteiger partial charge in [-0.3, -0.25) is 15.2 Å². The lowest BCUT2D eigenvalue weighted by Crippen LogP contribution is -2.50. The quantitative estimate of drug-likeness (QED) is 0.726. The number of halogens is 2. The Balaban J connectivity index is 1.48. The first kappa shape index (κ1) is 22.9.